The Morgan fingerprint density at radius 2 is 2.31 bits per heavy atom. The largest absolute Gasteiger partial charge is 0.293 e. The molecule has 1 atom stereocenters. The minimum atomic E-state index is 0.148. The molecule has 0 amide bonds. The highest BCUT2D eigenvalue weighted by molar-refractivity contribution is 5.79. The van der Waals surface area contributed by atoms with Gasteiger partial charge in [0.05, 0.1) is 6.07 Å². The van der Waals surface area contributed by atoms with E-state index in [0.29, 0.717) is 0 Å². The molecule has 0 aliphatic heterocycles. The Bertz CT molecular complexity index is 388. The number of benzene rings is 1. The Labute approximate surface area is 97.6 Å². The molecule has 1 unspecified atom stereocenters. The van der Waals surface area contributed by atoms with E-state index in [-0.39, 0.29) is 5.92 Å². The van der Waals surface area contributed by atoms with Crippen molar-refractivity contribution < 1.29 is 0 Å². The molecule has 0 N–H and O–H groups in total. The van der Waals surface area contributed by atoms with Crippen LogP contribution in [0.2, 0.25) is 0 Å². The van der Waals surface area contributed by atoms with Gasteiger partial charge < -0.3 is 0 Å². The van der Waals surface area contributed by atoms with Gasteiger partial charge >= 0.3 is 0 Å². The van der Waals surface area contributed by atoms with E-state index >= 15 is 0 Å². The van der Waals surface area contributed by atoms with Gasteiger partial charge in [-0.15, -0.1) is 0 Å². The molecule has 2 heteroatoms. The fraction of sp³-hybridized carbons (Fsp3) is 0.429. The van der Waals surface area contributed by atoms with Gasteiger partial charge in [0.25, 0.3) is 0 Å². The molecule has 0 bridgehead atoms. The number of aryl methyl sites for hydroxylation is 1. The Morgan fingerprint density at radius 3 is 2.94 bits per heavy atom. The Kier molecular flexibility index (Phi) is 5.28. The Morgan fingerprint density at radius 1 is 1.50 bits per heavy atom. The number of rotatable bonds is 5. The van der Waals surface area contributed by atoms with Crippen molar-refractivity contribution in [1.29, 1.82) is 5.26 Å². The minimum absolute atomic E-state index is 0.148. The lowest BCUT2D eigenvalue weighted by atomic mass is 10.1. The van der Waals surface area contributed by atoms with E-state index < -0.39 is 0 Å². The molecule has 0 heterocycles. The van der Waals surface area contributed by atoms with E-state index in [1.165, 1.54) is 5.56 Å². The standard InChI is InChI=1S/C14H18N2/c1-3-13(10-15)7-8-16-11-14-6-4-5-12(2)9-14/h4-6,9,11,13H,3,7-8H2,1-2H3/b16-11+. The Hall–Kier alpha value is -1.62. The normalized spacial score (nSPS) is 12.6. The summed E-state index contributed by atoms with van der Waals surface area (Å²) in [5.41, 5.74) is 2.37. The summed E-state index contributed by atoms with van der Waals surface area (Å²) in [6, 6.07) is 10.5. The van der Waals surface area contributed by atoms with Crippen molar-refractivity contribution in [2.75, 3.05) is 6.54 Å². The predicted molar refractivity (Wildman–Crippen MR) is 67.7 cm³/mol. The third-order valence-corrected chi connectivity index (χ3v) is 2.56. The van der Waals surface area contributed by atoms with Crippen LogP contribution >= 0.6 is 0 Å². The summed E-state index contributed by atoms with van der Waals surface area (Å²) < 4.78 is 0. The van der Waals surface area contributed by atoms with Gasteiger partial charge in [-0.05, 0) is 25.3 Å². The molecule has 0 aliphatic carbocycles. The number of hydrogen-bond acceptors (Lipinski definition) is 2. The topological polar surface area (TPSA) is 36.1 Å². The molecule has 0 fully saturated rings. The first kappa shape index (κ1) is 12.4. The number of nitrogens with zero attached hydrogens (tertiary/aromatic N) is 2. The summed E-state index contributed by atoms with van der Waals surface area (Å²) in [4.78, 5) is 4.34. The van der Waals surface area contributed by atoms with Crippen molar-refractivity contribution in [2.45, 2.75) is 26.7 Å². The van der Waals surface area contributed by atoms with Crippen LogP contribution in [0.1, 0.15) is 30.9 Å². The van der Waals surface area contributed by atoms with Crippen LogP contribution in [0, 0.1) is 24.2 Å². The van der Waals surface area contributed by atoms with Crippen molar-refractivity contribution in [1.82, 2.24) is 0 Å². The number of hydrogen-bond donors (Lipinski definition) is 0. The van der Waals surface area contributed by atoms with Gasteiger partial charge in [-0.25, -0.2) is 0 Å². The zero-order valence-corrected chi connectivity index (χ0v) is 9.98. The van der Waals surface area contributed by atoms with E-state index in [9.17, 15) is 0 Å². The van der Waals surface area contributed by atoms with Crippen LogP contribution in [-0.4, -0.2) is 12.8 Å². The molecule has 0 radical (unpaired) electrons. The zero-order chi connectivity index (χ0) is 11.8. The first-order valence-corrected chi connectivity index (χ1v) is 5.72. The highest BCUT2D eigenvalue weighted by Crippen LogP contribution is 2.06. The molecule has 2 nitrogen and oxygen atoms in total. The van der Waals surface area contributed by atoms with Crippen molar-refractivity contribution in [3.63, 3.8) is 0 Å². The first-order valence-electron chi connectivity index (χ1n) is 5.72. The van der Waals surface area contributed by atoms with Crippen molar-refractivity contribution >= 4 is 6.21 Å². The predicted octanol–water partition coefficient (Wildman–Crippen LogP) is 3.35. The van der Waals surface area contributed by atoms with Crippen molar-refractivity contribution in [3.8, 4) is 6.07 Å². The molecule has 1 rings (SSSR count). The van der Waals surface area contributed by atoms with Gasteiger partial charge in [0.1, 0.15) is 0 Å². The fourth-order valence-corrected chi connectivity index (χ4v) is 1.51. The molecule has 1 aromatic rings. The quantitative estimate of drug-likeness (QED) is 0.692. The molecule has 84 valence electrons. The average Bonchev–Trinajstić information content (AvgIpc) is 2.29. The van der Waals surface area contributed by atoms with Gasteiger partial charge in [-0.2, -0.15) is 5.26 Å². The summed E-state index contributed by atoms with van der Waals surface area (Å²) in [6.45, 7) is 4.85. The second-order valence-corrected chi connectivity index (χ2v) is 3.97. The van der Waals surface area contributed by atoms with Crippen LogP contribution in [0.5, 0.6) is 0 Å². The summed E-state index contributed by atoms with van der Waals surface area (Å²) in [7, 11) is 0. The third-order valence-electron chi connectivity index (χ3n) is 2.56. The highest BCUT2D eigenvalue weighted by atomic mass is 14.7. The smallest absolute Gasteiger partial charge is 0.0656 e. The lowest BCUT2D eigenvalue weighted by Gasteiger charge is -2.01. The van der Waals surface area contributed by atoms with E-state index in [0.717, 1.165) is 24.9 Å². The summed E-state index contributed by atoms with van der Waals surface area (Å²) >= 11 is 0. The van der Waals surface area contributed by atoms with E-state index in [4.69, 9.17) is 5.26 Å². The second kappa shape index (κ2) is 6.79. The second-order valence-electron chi connectivity index (χ2n) is 3.97. The van der Waals surface area contributed by atoms with Crippen LogP contribution in [-0.2, 0) is 0 Å². The van der Waals surface area contributed by atoms with E-state index in [1.807, 2.05) is 25.3 Å². The maximum atomic E-state index is 8.78. The van der Waals surface area contributed by atoms with Crippen LogP contribution in [0.4, 0.5) is 0 Å². The van der Waals surface area contributed by atoms with Gasteiger partial charge in [0.2, 0.25) is 0 Å². The third kappa shape index (κ3) is 4.27. The first-order chi connectivity index (χ1) is 7.76. The minimum Gasteiger partial charge on any atom is -0.293 e. The molecule has 1 aromatic carbocycles. The molecule has 0 spiro atoms. The van der Waals surface area contributed by atoms with Gasteiger partial charge in [-0.1, -0.05) is 36.8 Å². The lowest BCUT2D eigenvalue weighted by Crippen LogP contribution is -1.97. The van der Waals surface area contributed by atoms with E-state index in [2.05, 4.69) is 30.1 Å². The SMILES string of the molecule is CCC(C#N)CC/N=C/c1cccc(C)c1. The molecule has 0 aromatic heterocycles. The molecule has 16 heavy (non-hydrogen) atoms. The maximum absolute atomic E-state index is 8.78. The van der Waals surface area contributed by atoms with Gasteiger partial charge in [0.15, 0.2) is 0 Å². The van der Waals surface area contributed by atoms with E-state index in [1.54, 1.807) is 0 Å². The maximum Gasteiger partial charge on any atom is 0.0656 e. The number of nitriles is 1. The van der Waals surface area contributed by atoms with Crippen LogP contribution in [0.25, 0.3) is 0 Å². The molecule has 0 saturated carbocycles. The lowest BCUT2D eigenvalue weighted by molar-refractivity contribution is 0.594. The fourth-order valence-electron chi connectivity index (χ4n) is 1.51. The molecular weight excluding hydrogens is 196 g/mol. The summed E-state index contributed by atoms with van der Waals surface area (Å²) in [5.74, 6) is 0.148. The van der Waals surface area contributed by atoms with Crippen LogP contribution in [0.15, 0.2) is 29.3 Å². The summed E-state index contributed by atoms with van der Waals surface area (Å²) in [5, 5.41) is 8.78. The van der Waals surface area contributed by atoms with Crippen molar-refractivity contribution in [2.24, 2.45) is 10.9 Å². The van der Waals surface area contributed by atoms with Crippen LogP contribution < -0.4 is 0 Å². The monoisotopic (exact) mass is 214 g/mol. The molecule has 0 aliphatic rings. The van der Waals surface area contributed by atoms with Gasteiger partial charge in [0, 0.05) is 18.7 Å². The van der Waals surface area contributed by atoms with Gasteiger partial charge in [-0.3, -0.25) is 4.99 Å². The van der Waals surface area contributed by atoms with Crippen LogP contribution in [0.3, 0.4) is 0 Å². The Balaban J connectivity index is 2.41. The molecule has 0 saturated heterocycles. The number of aliphatic imine (C=N–C) groups is 1. The average molecular weight is 214 g/mol. The molecular formula is C14H18N2. The van der Waals surface area contributed by atoms with Crippen molar-refractivity contribution in [3.05, 3.63) is 35.4 Å². The zero-order valence-electron chi connectivity index (χ0n) is 9.98. The highest BCUT2D eigenvalue weighted by Gasteiger charge is 2.01. The summed E-state index contributed by atoms with van der Waals surface area (Å²) in [6.07, 6.45) is 3.66.